The molecule has 0 saturated carbocycles. The Kier molecular flexibility index (Phi) is 18.8. The first kappa shape index (κ1) is 49.9. The quantitative estimate of drug-likeness (QED) is 0.0786. The summed E-state index contributed by atoms with van der Waals surface area (Å²) in [6.45, 7) is 5.74. The van der Waals surface area contributed by atoms with Crippen molar-refractivity contribution in [3.05, 3.63) is 97.0 Å². The number of aliphatic carboxylic acids is 6. The van der Waals surface area contributed by atoms with Crippen LogP contribution >= 0.6 is 0 Å². The van der Waals surface area contributed by atoms with Crippen LogP contribution in [-0.4, -0.2) is 153 Å². The maximum absolute atomic E-state index is 13.2. The molecule has 0 unspecified atom stereocenters. The third-order valence-corrected chi connectivity index (χ3v) is 8.80. The molecular formula is C41H45N9O14. The third-order valence-electron chi connectivity index (χ3n) is 8.80. The van der Waals surface area contributed by atoms with Gasteiger partial charge in [-0.1, -0.05) is 24.3 Å². The van der Waals surface area contributed by atoms with Gasteiger partial charge in [0, 0.05) is 92.7 Å². The van der Waals surface area contributed by atoms with Gasteiger partial charge in [-0.2, -0.15) is 5.10 Å². The molecule has 1 aliphatic rings. The SMILES string of the molecule is COc1cc(-c2nn(CCN3CCN(C)CC3)c3ncnc(N)c23)ccc1NC(=O)c1cc2ccccc2n1C.O=C(O)/C=C\C(=O)O.O=C(O)/C=C\C(=O)O.O=C(O)/C=C\C(=O)O. The van der Waals surface area contributed by atoms with Gasteiger partial charge in [-0.15, -0.1) is 0 Å². The number of carboxylic acids is 6. The standard InChI is InChI=1S/C29H33N9O2.3C4H4O4/c1-35-10-12-37(13-11-35)14-15-38-28-25(27(30)31-18-32-28)26(34-38)20-8-9-21(24(17-20)40-3)33-29(39)23-16-19-6-4-5-7-22(19)36(23)2;3*5-3(6)1-2-4(7)8/h4-9,16-18H,10-15H2,1-3H3,(H,33,39)(H2,30,31,32);3*1-2H,(H,5,6)(H,7,8)/b;3*2-1-. The van der Waals surface area contributed by atoms with Crippen molar-refractivity contribution < 1.29 is 68.9 Å². The molecule has 0 radical (unpaired) electrons. The third kappa shape index (κ3) is 15.5. The highest BCUT2D eigenvalue weighted by Gasteiger charge is 2.21. The number of rotatable bonds is 13. The van der Waals surface area contributed by atoms with Crippen molar-refractivity contribution in [2.24, 2.45) is 7.05 Å². The molecule has 1 amide bonds. The van der Waals surface area contributed by atoms with Crippen molar-refractivity contribution in [3.63, 3.8) is 0 Å². The number of nitrogens with zero attached hydrogens (tertiary/aromatic N) is 7. The maximum Gasteiger partial charge on any atom is 0.328 e. The molecule has 23 nitrogen and oxygen atoms in total. The Morgan fingerprint density at radius 2 is 1.25 bits per heavy atom. The van der Waals surface area contributed by atoms with Gasteiger partial charge in [-0.25, -0.2) is 43.4 Å². The second-order valence-corrected chi connectivity index (χ2v) is 13.2. The molecule has 0 spiro atoms. The second-order valence-electron chi connectivity index (χ2n) is 13.2. The molecule has 0 bridgehead atoms. The van der Waals surface area contributed by atoms with E-state index in [1.807, 2.05) is 64.8 Å². The van der Waals surface area contributed by atoms with Crippen molar-refractivity contribution in [1.29, 1.82) is 0 Å². The number of para-hydroxylation sites is 1. The van der Waals surface area contributed by atoms with E-state index >= 15 is 0 Å². The predicted octanol–water partition coefficient (Wildman–Crippen LogP) is 2.21. The summed E-state index contributed by atoms with van der Waals surface area (Å²) in [4.78, 5) is 84.1. The van der Waals surface area contributed by atoms with Gasteiger partial charge in [-0.3, -0.25) is 9.69 Å². The molecule has 6 rings (SSSR count). The number of nitrogen functional groups attached to an aromatic ring is 1. The monoisotopic (exact) mass is 887 g/mol. The maximum atomic E-state index is 13.2. The number of ether oxygens (including phenoxy) is 1. The van der Waals surface area contributed by atoms with Crippen molar-refractivity contribution in [2.45, 2.75) is 6.54 Å². The number of amides is 1. The zero-order chi connectivity index (χ0) is 47.5. The van der Waals surface area contributed by atoms with E-state index in [4.69, 9.17) is 46.2 Å². The number of carboxylic acid groups (broad SMARTS) is 6. The van der Waals surface area contributed by atoms with Crippen LogP contribution < -0.4 is 15.8 Å². The molecule has 1 saturated heterocycles. The molecule has 64 heavy (non-hydrogen) atoms. The largest absolute Gasteiger partial charge is 0.495 e. The average Bonchev–Trinajstić information content (AvgIpc) is 3.80. The predicted molar refractivity (Wildman–Crippen MR) is 230 cm³/mol. The summed E-state index contributed by atoms with van der Waals surface area (Å²) in [5.41, 5.74) is 10.6. The molecule has 0 atom stereocenters. The molecule has 1 fully saturated rings. The van der Waals surface area contributed by atoms with E-state index in [1.165, 1.54) is 6.33 Å². The van der Waals surface area contributed by atoms with Gasteiger partial charge >= 0.3 is 35.8 Å². The van der Waals surface area contributed by atoms with Crippen LogP contribution in [0.25, 0.3) is 33.2 Å². The van der Waals surface area contributed by atoms with E-state index in [0.29, 0.717) is 82.7 Å². The van der Waals surface area contributed by atoms with Crippen molar-refractivity contribution in [1.82, 2.24) is 34.1 Å². The van der Waals surface area contributed by atoms with E-state index < -0.39 is 35.8 Å². The molecular weight excluding hydrogens is 843 g/mol. The number of likely N-dealkylation sites (N-methyl/N-ethyl adjacent to an activating group) is 1. The molecule has 4 heterocycles. The number of hydrogen-bond acceptors (Lipinski definition) is 14. The lowest BCUT2D eigenvalue weighted by Crippen LogP contribution is -2.45. The van der Waals surface area contributed by atoms with E-state index in [2.05, 4.69) is 32.1 Å². The fraction of sp³-hybridized carbons (Fsp3) is 0.220. The number of benzene rings is 2. The topological polar surface area (TPSA) is 343 Å². The average molecular weight is 888 g/mol. The lowest BCUT2D eigenvalue weighted by atomic mass is 10.1. The Balaban J connectivity index is 0.000000371. The zero-order valence-electron chi connectivity index (χ0n) is 34.6. The van der Waals surface area contributed by atoms with Gasteiger partial charge in [0.05, 0.1) is 24.7 Å². The van der Waals surface area contributed by atoms with Crippen LogP contribution in [-0.2, 0) is 42.4 Å². The number of anilines is 2. The summed E-state index contributed by atoms with van der Waals surface area (Å²) < 4.78 is 9.48. The normalized spacial score (nSPS) is 12.7. The Hall–Kier alpha value is -8.44. The number of aryl methyl sites for hydroxylation is 1. The Bertz CT molecular complexity index is 2460. The molecule has 23 heteroatoms. The first-order valence-electron chi connectivity index (χ1n) is 18.6. The van der Waals surface area contributed by atoms with Crippen LogP contribution in [0, 0.1) is 0 Å². The fourth-order valence-electron chi connectivity index (χ4n) is 5.76. The number of fused-ring (bicyclic) bond motifs is 2. The van der Waals surface area contributed by atoms with Gasteiger partial charge in [0.15, 0.2) is 5.65 Å². The van der Waals surface area contributed by atoms with Crippen LogP contribution in [0.3, 0.4) is 0 Å². The highest BCUT2D eigenvalue weighted by atomic mass is 16.5. The molecule has 338 valence electrons. The fourth-order valence-corrected chi connectivity index (χ4v) is 5.76. The van der Waals surface area contributed by atoms with Gasteiger partial charge in [0.2, 0.25) is 0 Å². The molecule has 3 aromatic heterocycles. The van der Waals surface area contributed by atoms with Crippen LogP contribution in [0.4, 0.5) is 11.5 Å². The molecule has 9 N–H and O–H groups in total. The Morgan fingerprint density at radius 3 is 1.75 bits per heavy atom. The highest BCUT2D eigenvalue weighted by Crippen LogP contribution is 2.35. The van der Waals surface area contributed by atoms with Gasteiger partial charge in [0.1, 0.15) is 29.3 Å². The summed E-state index contributed by atoms with van der Waals surface area (Å²) in [5.74, 6) is -6.88. The first-order valence-corrected chi connectivity index (χ1v) is 18.6. The minimum atomic E-state index is -1.26. The number of aromatic nitrogens is 5. The second kappa shape index (κ2) is 24.1. The highest BCUT2D eigenvalue weighted by molar-refractivity contribution is 6.07. The first-order chi connectivity index (χ1) is 30.3. The van der Waals surface area contributed by atoms with Crippen molar-refractivity contribution in [2.75, 3.05) is 57.9 Å². The van der Waals surface area contributed by atoms with Gasteiger partial charge in [0.25, 0.3) is 5.91 Å². The molecule has 2 aromatic carbocycles. The molecule has 0 aliphatic carbocycles. The Labute approximate surface area is 363 Å². The van der Waals surface area contributed by atoms with E-state index in [1.54, 1.807) is 7.11 Å². The number of carbonyl (C=O) groups excluding carboxylic acids is 1. The van der Waals surface area contributed by atoms with Gasteiger partial charge < -0.3 is 55.9 Å². The Morgan fingerprint density at radius 1 is 0.719 bits per heavy atom. The van der Waals surface area contributed by atoms with E-state index in [0.717, 1.165) is 49.2 Å². The number of piperazine rings is 1. The molecule has 5 aromatic rings. The van der Waals surface area contributed by atoms with Crippen LogP contribution in [0.5, 0.6) is 5.75 Å². The van der Waals surface area contributed by atoms with Crippen LogP contribution in [0.2, 0.25) is 0 Å². The van der Waals surface area contributed by atoms with Crippen molar-refractivity contribution in [3.8, 4) is 17.0 Å². The summed E-state index contributed by atoms with van der Waals surface area (Å²) in [6.07, 6.45) is 4.82. The number of hydrogen-bond donors (Lipinski definition) is 8. The number of carbonyl (C=O) groups is 7. The number of methoxy groups -OCH3 is 1. The van der Waals surface area contributed by atoms with Crippen LogP contribution in [0.1, 0.15) is 10.5 Å². The van der Waals surface area contributed by atoms with E-state index in [-0.39, 0.29) is 5.91 Å². The molecule has 1 aliphatic heterocycles. The van der Waals surface area contributed by atoms with Crippen molar-refractivity contribution >= 4 is 75.2 Å². The lowest BCUT2D eigenvalue weighted by Gasteiger charge is -2.32. The minimum absolute atomic E-state index is 0.221. The summed E-state index contributed by atoms with van der Waals surface area (Å²) in [5, 5.41) is 56.5. The lowest BCUT2D eigenvalue weighted by molar-refractivity contribution is -0.134. The minimum Gasteiger partial charge on any atom is -0.495 e. The summed E-state index contributed by atoms with van der Waals surface area (Å²) in [6, 6.07) is 15.4. The van der Waals surface area contributed by atoms with Crippen LogP contribution in [0.15, 0.2) is 91.3 Å². The summed E-state index contributed by atoms with van der Waals surface area (Å²) in [7, 11) is 5.61. The van der Waals surface area contributed by atoms with E-state index in [9.17, 15) is 33.6 Å². The number of nitrogens with two attached hydrogens (primary N) is 1. The number of nitrogens with one attached hydrogen (secondary N) is 1. The van der Waals surface area contributed by atoms with Gasteiger partial charge in [-0.05, 0) is 31.3 Å². The zero-order valence-corrected chi connectivity index (χ0v) is 34.6. The smallest absolute Gasteiger partial charge is 0.328 e. The summed E-state index contributed by atoms with van der Waals surface area (Å²) >= 11 is 0.